The molecule has 1 aromatic carbocycles. The zero-order chi connectivity index (χ0) is 20.1. The first-order valence-corrected chi connectivity index (χ1v) is 10.3. The number of aryl methyl sites for hydroxylation is 1. The maximum absolute atomic E-state index is 12.7. The molecule has 29 heavy (non-hydrogen) atoms. The quantitative estimate of drug-likeness (QED) is 0.734. The molecule has 0 radical (unpaired) electrons. The van der Waals surface area contributed by atoms with E-state index in [0.717, 1.165) is 80.4 Å². The average molecular weight is 396 g/mol. The van der Waals surface area contributed by atoms with Gasteiger partial charge < -0.3 is 14.5 Å². The molecule has 2 heterocycles. The van der Waals surface area contributed by atoms with E-state index in [1.165, 1.54) is 0 Å². The molecule has 4 rings (SSSR count). The molecule has 1 aromatic heterocycles. The summed E-state index contributed by atoms with van der Waals surface area (Å²) in [6.07, 6.45) is 2.67. The number of ether oxygens (including phenoxy) is 1. The Hall–Kier alpha value is -2.64. The molecule has 0 unspecified atom stereocenters. The third kappa shape index (κ3) is 4.68. The molecule has 1 saturated heterocycles. The van der Waals surface area contributed by atoms with Crippen LogP contribution in [-0.4, -0.2) is 55.9 Å². The van der Waals surface area contributed by atoms with Crippen LogP contribution in [0.15, 0.2) is 39.9 Å². The number of hydrogen-bond acceptors (Lipinski definition) is 6. The lowest BCUT2D eigenvalue weighted by Crippen LogP contribution is -2.41. The number of carbonyl (C=O) groups excluding carboxylic acids is 1. The maximum Gasteiger partial charge on any atom is 0.287 e. The lowest BCUT2D eigenvalue weighted by molar-refractivity contribution is 0.0382. The highest BCUT2D eigenvalue weighted by Gasteiger charge is 2.28. The van der Waals surface area contributed by atoms with E-state index in [0.29, 0.717) is 12.3 Å². The maximum atomic E-state index is 12.7. The number of furan rings is 1. The van der Waals surface area contributed by atoms with Gasteiger partial charge in [0.2, 0.25) is 0 Å². The minimum Gasteiger partial charge on any atom is -0.455 e. The van der Waals surface area contributed by atoms with E-state index >= 15 is 0 Å². The van der Waals surface area contributed by atoms with E-state index in [9.17, 15) is 4.79 Å². The number of hydrazone groups is 1. The average Bonchev–Trinajstić information content (AvgIpc) is 3.11. The van der Waals surface area contributed by atoms with Crippen LogP contribution in [0.25, 0.3) is 0 Å². The first kappa shape index (κ1) is 19.7. The Morgan fingerprint density at radius 2 is 1.97 bits per heavy atom. The molecule has 1 aliphatic heterocycles. The van der Waals surface area contributed by atoms with Crippen LogP contribution in [0.2, 0.25) is 0 Å². The van der Waals surface area contributed by atoms with E-state index in [2.05, 4.69) is 20.7 Å². The molecule has 2 N–H and O–H groups in total. The number of morpholine rings is 1. The number of fused-ring (bicyclic) bond motifs is 1. The van der Waals surface area contributed by atoms with Crippen molar-refractivity contribution in [3.63, 3.8) is 0 Å². The number of amides is 1. The zero-order valence-corrected chi connectivity index (χ0v) is 16.9. The third-order valence-corrected chi connectivity index (χ3v) is 5.44. The molecule has 0 atom stereocenters. The van der Waals surface area contributed by atoms with Crippen LogP contribution in [0.1, 0.15) is 40.3 Å². The first-order chi connectivity index (χ1) is 14.2. The highest BCUT2D eigenvalue weighted by Crippen LogP contribution is 2.30. The van der Waals surface area contributed by atoms with E-state index in [1.807, 2.05) is 37.3 Å². The van der Waals surface area contributed by atoms with Crippen molar-refractivity contribution in [2.45, 2.75) is 26.2 Å². The van der Waals surface area contributed by atoms with Gasteiger partial charge in [-0.3, -0.25) is 15.1 Å². The van der Waals surface area contributed by atoms with Gasteiger partial charge in [0.05, 0.1) is 24.6 Å². The molecule has 0 saturated carbocycles. The van der Waals surface area contributed by atoms with Gasteiger partial charge in [-0.2, -0.15) is 5.10 Å². The summed E-state index contributed by atoms with van der Waals surface area (Å²) in [5.74, 6) is 1.12. The molecule has 1 aliphatic carbocycles. The Labute approximate surface area is 171 Å². The fourth-order valence-corrected chi connectivity index (χ4v) is 3.87. The normalized spacial score (nSPS) is 18.4. The van der Waals surface area contributed by atoms with Gasteiger partial charge in [-0.25, -0.2) is 0 Å². The van der Waals surface area contributed by atoms with Crippen molar-refractivity contribution >= 4 is 17.3 Å². The minimum absolute atomic E-state index is 0.152. The van der Waals surface area contributed by atoms with Crippen molar-refractivity contribution in [3.05, 3.63) is 53.0 Å². The predicted molar refractivity (Wildman–Crippen MR) is 113 cm³/mol. The van der Waals surface area contributed by atoms with Gasteiger partial charge >= 0.3 is 0 Å². The molecule has 0 spiro atoms. The van der Waals surface area contributed by atoms with Gasteiger partial charge in [-0.1, -0.05) is 18.2 Å². The van der Waals surface area contributed by atoms with Crippen LogP contribution >= 0.6 is 0 Å². The summed E-state index contributed by atoms with van der Waals surface area (Å²) in [4.78, 5) is 15.0. The van der Waals surface area contributed by atoms with Crippen molar-refractivity contribution in [2.75, 3.05) is 44.8 Å². The molecule has 154 valence electrons. The minimum atomic E-state index is -0.152. The largest absolute Gasteiger partial charge is 0.455 e. The van der Waals surface area contributed by atoms with Gasteiger partial charge in [0, 0.05) is 43.7 Å². The summed E-state index contributed by atoms with van der Waals surface area (Å²) < 4.78 is 11.3. The first-order valence-electron chi connectivity index (χ1n) is 10.3. The standard InChI is InChI=1S/C22H28N4O3/c1-16-20-18(25-24-17-6-3-2-4-7-17)8-5-9-19(20)29-21(16)22(27)23-10-11-26-12-14-28-15-13-26/h2-4,6-7,24H,5,8-15H2,1H3,(H,23,27)/b25-18+. The number of nitrogens with one attached hydrogen (secondary N) is 2. The van der Waals surface area contributed by atoms with Crippen LogP contribution < -0.4 is 10.7 Å². The molecule has 1 fully saturated rings. The highest BCUT2D eigenvalue weighted by molar-refractivity contribution is 6.06. The van der Waals surface area contributed by atoms with Crippen LogP contribution in [0, 0.1) is 6.92 Å². The molecule has 1 amide bonds. The summed E-state index contributed by atoms with van der Waals surface area (Å²) >= 11 is 0. The molecule has 0 bridgehead atoms. The lowest BCUT2D eigenvalue weighted by Gasteiger charge is -2.26. The zero-order valence-electron chi connectivity index (χ0n) is 16.9. The Morgan fingerprint density at radius 3 is 2.76 bits per heavy atom. The number of carbonyl (C=O) groups is 1. The highest BCUT2D eigenvalue weighted by atomic mass is 16.5. The third-order valence-electron chi connectivity index (χ3n) is 5.44. The predicted octanol–water partition coefficient (Wildman–Crippen LogP) is 2.80. The Kier molecular flexibility index (Phi) is 6.27. The van der Waals surface area contributed by atoms with Crippen molar-refractivity contribution in [1.29, 1.82) is 0 Å². The second-order valence-corrected chi connectivity index (χ2v) is 7.45. The number of benzene rings is 1. The second kappa shape index (κ2) is 9.24. The van der Waals surface area contributed by atoms with Crippen molar-refractivity contribution < 1.29 is 13.9 Å². The van der Waals surface area contributed by atoms with Gasteiger partial charge in [0.15, 0.2) is 5.76 Å². The van der Waals surface area contributed by atoms with E-state index < -0.39 is 0 Å². The molecule has 2 aromatic rings. The smallest absolute Gasteiger partial charge is 0.287 e. The van der Waals surface area contributed by atoms with Gasteiger partial charge in [-0.05, 0) is 31.9 Å². The number of nitrogens with zero attached hydrogens (tertiary/aromatic N) is 2. The summed E-state index contributed by atoms with van der Waals surface area (Å²) in [6.45, 7) is 6.72. The molecule has 2 aliphatic rings. The van der Waals surface area contributed by atoms with Gasteiger partial charge in [0.1, 0.15) is 5.76 Å². The van der Waals surface area contributed by atoms with Crippen LogP contribution in [-0.2, 0) is 11.2 Å². The summed E-state index contributed by atoms with van der Waals surface area (Å²) in [5, 5.41) is 7.61. The number of rotatable bonds is 6. The fourth-order valence-electron chi connectivity index (χ4n) is 3.87. The molecular formula is C22H28N4O3. The summed E-state index contributed by atoms with van der Waals surface area (Å²) in [5.41, 5.74) is 6.87. The number of para-hydroxylation sites is 1. The Balaban J connectivity index is 1.43. The summed E-state index contributed by atoms with van der Waals surface area (Å²) in [6, 6.07) is 9.86. The van der Waals surface area contributed by atoms with Crippen LogP contribution in [0.3, 0.4) is 0 Å². The van der Waals surface area contributed by atoms with Crippen LogP contribution in [0.5, 0.6) is 0 Å². The van der Waals surface area contributed by atoms with Crippen molar-refractivity contribution in [1.82, 2.24) is 10.2 Å². The number of hydrogen-bond donors (Lipinski definition) is 2. The Morgan fingerprint density at radius 1 is 1.17 bits per heavy atom. The topological polar surface area (TPSA) is 79.1 Å². The van der Waals surface area contributed by atoms with Gasteiger partial charge in [-0.15, -0.1) is 0 Å². The molecule has 7 heteroatoms. The second-order valence-electron chi connectivity index (χ2n) is 7.45. The van der Waals surface area contributed by atoms with E-state index in [4.69, 9.17) is 9.15 Å². The SMILES string of the molecule is Cc1c(C(=O)NCCN2CCOCC2)oc2c1/C(=N/Nc1ccccc1)CCC2. The molecular weight excluding hydrogens is 368 g/mol. The van der Waals surface area contributed by atoms with Gasteiger partial charge in [0.25, 0.3) is 5.91 Å². The van der Waals surface area contributed by atoms with Crippen LogP contribution in [0.4, 0.5) is 5.69 Å². The molecule has 7 nitrogen and oxygen atoms in total. The fraction of sp³-hybridized carbons (Fsp3) is 0.455. The number of anilines is 1. The Bertz CT molecular complexity index is 870. The lowest BCUT2D eigenvalue weighted by atomic mass is 9.93. The van der Waals surface area contributed by atoms with E-state index in [-0.39, 0.29) is 5.91 Å². The van der Waals surface area contributed by atoms with Crippen molar-refractivity contribution in [3.8, 4) is 0 Å². The van der Waals surface area contributed by atoms with Crippen molar-refractivity contribution in [2.24, 2.45) is 5.10 Å². The van der Waals surface area contributed by atoms with E-state index in [1.54, 1.807) is 0 Å². The summed E-state index contributed by atoms with van der Waals surface area (Å²) in [7, 11) is 0. The monoisotopic (exact) mass is 396 g/mol.